The fourth-order valence-electron chi connectivity index (χ4n) is 0.470. The summed E-state index contributed by atoms with van der Waals surface area (Å²) in [6, 6.07) is 0. The highest BCUT2D eigenvalue weighted by Crippen LogP contribution is 2.26. The van der Waals surface area contributed by atoms with Crippen LogP contribution in [0.3, 0.4) is 0 Å². The largest absolute Gasteiger partial charge is 0.107 e. The van der Waals surface area contributed by atoms with Crippen LogP contribution in [0.4, 0.5) is 0 Å². The summed E-state index contributed by atoms with van der Waals surface area (Å²) in [5.41, 5.74) is 0. The van der Waals surface area contributed by atoms with Crippen molar-refractivity contribution in [3.8, 4) is 0 Å². The number of rotatable bonds is 3. The van der Waals surface area contributed by atoms with E-state index in [9.17, 15) is 0 Å². The lowest BCUT2D eigenvalue weighted by Gasteiger charge is -2.34. The molecule has 0 N–H and O–H groups in total. The average molecular weight is 118 g/mol. The van der Waals surface area contributed by atoms with Gasteiger partial charge in [0, 0.05) is 51.0 Å². The summed E-state index contributed by atoms with van der Waals surface area (Å²) in [6.07, 6.45) is 0. The topological polar surface area (TPSA) is 0 Å². The van der Waals surface area contributed by atoms with Crippen molar-refractivity contribution in [2.75, 3.05) is 0 Å². The number of hydrogen-bond acceptors (Lipinski definition) is 0. The molecule has 9 radical (unpaired) electrons. The average Bonchev–Trinajstić information content (AvgIpc) is 1.86. The Balaban J connectivity index is 4.09. The standard InChI is InChI=1S/C3H6B7/c1-3(2,9(5)6)10(7)8-4/h1-2H3. The van der Waals surface area contributed by atoms with Gasteiger partial charge in [-0.15, -0.1) is 5.21 Å². The molecule has 0 aromatic heterocycles. The van der Waals surface area contributed by atoms with Crippen LogP contribution in [0, 0.1) is 0 Å². The molecule has 0 atom stereocenters. The van der Waals surface area contributed by atoms with Crippen molar-refractivity contribution in [2.24, 2.45) is 0 Å². The fraction of sp³-hybridized carbons (Fsp3) is 1.00. The van der Waals surface area contributed by atoms with Gasteiger partial charge in [0.05, 0.1) is 0 Å². The Kier molecular flexibility index (Phi) is 3.90. The molecule has 10 heavy (non-hydrogen) atoms. The maximum absolute atomic E-state index is 5.61. The first-order valence-electron chi connectivity index (χ1n) is 3.24. The van der Waals surface area contributed by atoms with Crippen molar-refractivity contribution in [3.63, 3.8) is 0 Å². The van der Waals surface area contributed by atoms with Crippen molar-refractivity contribution >= 4 is 51.0 Å². The molecule has 0 saturated heterocycles. The van der Waals surface area contributed by atoms with Crippen molar-refractivity contribution in [2.45, 2.75) is 19.1 Å². The fourth-order valence-corrected chi connectivity index (χ4v) is 0.470. The minimum atomic E-state index is -0.442. The zero-order valence-electron chi connectivity index (χ0n) is 6.54. The molecular formula is C3H6B7. The third-order valence-electron chi connectivity index (χ3n) is 1.93. The Bertz CT molecular complexity index is 99.0. The summed E-state index contributed by atoms with van der Waals surface area (Å²) in [5.74, 6) is 0. The Morgan fingerprint density at radius 3 is 1.70 bits per heavy atom. The van der Waals surface area contributed by atoms with E-state index in [4.69, 9.17) is 30.9 Å². The molecule has 0 aliphatic carbocycles. The maximum atomic E-state index is 5.61. The highest BCUT2D eigenvalue weighted by Gasteiger charge is 2.28. The zero-order chi connectivity index (χ0) is 8.36. The summed E-state index contributed by atoms with van der Waals surface area (Å²) in [6.45, 7) is 3.06. The summed E-state index contributed by atoms with van der Waals surface area (Å²) in [4.78, 5) is 0. The van der Waals surface area contributed by atoms with Crippen LogP contribution in [-0.4, -0.2) is 51.0 Å². The quantitative estimate of drug-likeness (QED) is 0.398. The van der Waals surface area contributed by atoms with Gasteiger partial charge >= 0.3 is 0 Å². The van der Waals surface area contributed by atoms with Gasteiger partial charge in [0.15, 0.2) is 0 Å². The van der Waals surface area contributed by atoms with Crippen LogP contribution in [0.25, 0.3) is 0 Å². The molecule has 0 fully saturated rings. The van der Waals surface area contributed by atoms with Gasteiger partial charge in [-0.1, -0.05) is 13.8 Å². The van der Waals surface area contributed by atoms with E-state index >= 15 is 0 Å². The smallest absolute Gasteiger partial charge is 0.0418 e. The van der Waals surface area contributed by atoms with E-state index in [0.717, 1.165) is 0 Å². The molecule has 0 spiro atoms. The first kappa shape index (κ1) is 10.5. The SMILES string of the molecule is [B][B]B([B])C(C)(C)B([B])[B]. The Labute approximate surface area is 70.6 Å². The van der Waals surface area contributed by atoms with Crippen molar-refractivity contribution in [3.05, 3.63) is 0 Å². The molecule has 0 aromatic rings. The third-order valence-corrected chi connectivity index (χ3v) is 1.93. The first-order chi connectivity index (χ1) is 4.42. The van der Waals surface area contributed by atoms with Gasteiger partial charge in [-0.05, 0) is 0 Å². The molecule has 0 heterocycles. The lowest BCUT2D eigenvalue weighted by atomic mass is 8.88. The summed E-state index contributed by atoms with van der Waals surface area (Å²) >= 11 is 0. The lowest BCUT2D eigenvalue weighted by molar-refractivity contribution is 0.950. The highest BCUT2D eigenvalue weighted by molar-refractivity contribution is 7.52. The summed E-state index contributed by atoms with van der Waals surface area (Å²) in [5, 5.41) is -0.339. The van der Waals surface area contributed by atoms with E-state index in [-0.39, 0.29) is 11.7 Å². The van der Waals surface area contributed by atoms with Gasteiger partial charge in [-0.25, -0.2) is 0 Å². The normalized spacial score (nSPS) is 10.6. The highest BCUT2D eigenvalue weighted by atomic mass is 13.9. The summed E-state index contributed by atoms with van der Waals surface area (Å²) in [7, 11) is 23.2. The van der Waals surface area contributed by atoms with E-state index in [0.29, 0.717) is 0 Å². The second-order valence-corrected chi connectivity index (χ2v) is 3.07. The summed E-state index contributed by atoms with van der Waals surface area (Å²) < 4.78 is 0. The predicted octanol–water partition coefficient (Wildman–Crippen LogP) is -1.42. The third kappa shape index (κ3) is 2.25. The van der Waals surface area contributed by atoms with Crippen molar-refractivity contribution < 1.29 is 0 Å². The first-order valence-corrected chi connectivity index (χ1v) is 3.24. The molecule has 0 bridgehead atoms. The molecule has 0 unspecified atom stereocenters. The molecule has 0 aromatic carbocycles. The van der Waals surface area contributed by atoms with Crippen LogP contribution >= 0.6 is 0 Å². The van der Waals surface area contributed by atoms with E-state index < -0.39 is 6.49 Å². The lowest BCUT2D eigenvalue weighted by Crippen LogP contribution is -2.46. The van der Waals surface area contributed by atoms with E-state index in [1.807, 2.05) is 13.8 Å². The molecule has 0 aliphatic rings. The minimum Gasteiger partial charge on any atom is -0.107 e. The number of hydrogen-bond donors (Lipinski definition) is 0. The molecule has 0 nitrogen and oxygen atoms in total. The molecule has 0 saturated carbocycles. The molecular weight excluding hydrogens is 112 g/mol. The van der Waals surface area contributed by atoms with E-state index in [1.54, 1.807) is 0 Å². The Morgan fingerprint density at radius 1 is 1.20 bits per heavy atom. The molecule has 39 valence electrons. The molecule has 0 amide bonds. The van der Waals surface area contributed by atoms with Crippen LogP contribution in [0.2, 0.25) is 5.21 Å². The van der Waals surface area contributed by atoms with E-state index in [2.05, 4.69) is 0 Å². The second-order valence-electron chi connectivity index (χ2n) is 3.07. The van der Waals surface area contributed by atoms with Gasteiger partial charge in [0.2, 0.25) is 0 Å². The van der Waals surface area contributed by atoms with Crippen LogP contribution in [0.15, 0.2) is 0 Å². The van der Waals surface area contributed by atoms with Crippen molar-refractivity contribution in [1.29, 1.82) is 0 Å². The van der Waals surface area contributed by atoms with Gasteiger partial charge < -0.3 is 0 Å². The monoisotopic (exact) mass is 119 g/mol. The van der Waals surface area contributed by atoms with Gasteiger partial charge in [0.25, 0.3) is 0 Å². The Hall–Kier alpha value is 0.455. The van der Waals surface area contributed by atoms with Crippen LogP contribution < -0.4 is 0 Å². The molecule has 0 rings (SSSR count). The van der Waals surface area contributed by atoms with Crippen molar-refractivity contribution in [1.82, 2.24) is 0 Å². The minimum absolute atomic E-state index is 0.257. The maximum Gasteiger partial charge on any atom is 0.0418 e. The van der Waals surface area contributed by atoms with Gasteiger partial charge in [0.1, 0.15) is 0 Å². The molecule has 7 heteroatoms. The zero-order valence-corrected chi connectivity index (χ0v) is 6.54. The second kappa shape index (κ2) is 3.73. The van der Waals surface area contributed by atoms with E-state index in [1.165, 1.54) is 7.06 Å². The van der Waals surface area contributed by atoms with Crippen LogP contribution in [-0.2, 0) is 0 Å². The predicted molar refractivity (Wildman–Crippen MR) is 54.3 cm³/mol. The molecule has 0 aliphatic heterocycles. The van der Waals surface area contributed by atoms with Gasteiger partial charge in [-0.2, -0.15) is 0 Å². The van der Waals surface area contributed by atoms with Gasteiger partial charge in [-0.3, -0.25) is 0 Å². The Morgan fingerprint density at radius 2 is 1.60 bits per heavy atom. The van der Waals surface area contributed by atoms with Crippen LogP contribution in [0.1, 0.15) is 13.8 Å². The van der Waals surface area contributed by atoms with Crippen LogP contribution in [0.5, 0.6) is 0 Å².